The Morgan fingerprint density at radius 2 is 1.75 bits per heavy atom. The second-order valence-corrected chi connectivity index (χ2v) is 6.58. The molecule has 0 saturated heterocycles. The minimum atomic E-state index is -4.72. The highest BCUT2D eigenvalue weighted by Crippen LogP contribution is 2.33. The van der Waals surface area contributed by atoms with Crippen molar-refractivity contribution >= 4 is 29.1 Å². The van der Waals surface area contributed by atoms with Crippen LogP contribution in [0.15, 0.2) is 48.5 Å². The van der Waals surface area contributed by atoms with Crippen molar-refractivity contribution in [1.82, 2.24) is 9.97 Å². The van der Waals surface area contributed by atoms with Crippen molar-refractivity contribution in [3.05, 3.63) is 64.7 Å². The SMILES string of the molecule is Cc1ccc(Cl)cc1-c1cc(Nc2ccc([C@H](O)C(F)(F)F)cc2)nc(N)n1. The van der Waals surface area contributed by atoms with Crippen molar-refractivity contribution in [3.63, 3.8) is 0 Å². The monoisotopic (exact) mass is 408 g/mol. The molecule has 0 spiro atoms. The molecule has 0 amide bonds. The van der Waals surface area contributed by atoms with Crippen LogP contribution in [0.2, 0.25) is 5.02 Å². The van der Waals surface area contributed by atoms with Gasteiger partial charge in [0.05, 0.1) is 5.69 Å². The summed E-state index contributed by atoms with van der Waals surface area (Å²) in [6.45, 7) is 1.90. The van der Waals surface area contributed by atoms with E-state index >= 15 is 0 Å². The van der Waals surface area contributed by atoms with E-state index in [9.17, 15) is 18.3 Å². The molecule has 3 aromatic rings. The number of nitrogen functional groups attached to an aromatic ring is 1. The molecular weight excluding hydrogens is 393 g/mol. The fourth-order valence-electron chi connectivity index (χ4n) is 2.62. The molecule has 3 rings (SSSR count). The van der Waals surface area contributed by atoms with E-state index in [0.29, 0.717) is 22.2 Å². The van der Waals surface area contributed by atoms with Crippen molar-refractivity contribution in [1.29, 1.82) is 0 Å². The van der Waals surface area contributed by atoms with Crippen molar-refractivity contribution in [3.8, 4) is 11.3 Å². The van der Waals surface area contributed by atoms with Gasteiger partial charge in [-0.2, -0.15) is 18.2 Å². The predicted octanol–water partition coefficient (Wildman–Crippen LogP) is 5.03. The summed E-state index contributed by atoms with van der Waals surface area (Å²) in [6, 6.07) is 12.2. The molecule has 146 valence electrons. The van der Waals surface area contributed by atoms with E-state index in [0.717, 1.165) is 11.1 Å². The number of nitrogens with zero attached hydrogens (tertiary/aromatic N) is 2. The van der Waals surface area contributed by atoms with Crippen LogP contribution < -0.4 is 11.1 Å². The lowest BCUT2D eigenvalue weighted by atomic mass is 10.1. The first-order chi connectivity index (χ1) is 13.1. The molecule has 0 bridgehead atoms. The highest BCUT2D eigenvalue weighted by atomic mass is 35.5. The first kappa shape index (κ1) is 19.9. The lowest BCUT2D eigenvalue weighted by Crippen LogP contribution is -2.20. The molecule has 0 fully saturated rings. The van der Waals surface area contributed by atoms with Crippen molar-refractivity contribution in [2.75, 3.05) is 11.1 Å². The Bertz CT molecular complexity index is 993. The molecule has 2 aromatic carbocycles. The van der Waals surface area contributed by atoms with Crippen molar-refractivity contribution in [2.24, 2.45) is 0 Å². The van der Waals surface area contributed by atoms with Crippen LogP contribution in [0.4, 0.5) is 30.6 Å². The summed E-state index contributed by atoms with van der Waals surface area (Å²) in [7, 11) is 0. The Labute approximate surface area is 164 Å². The number of aromatic nitrogens is 2. The third-order valence-corrected chi connectivity index (χ3v) is 4.26. The Kier molecular flexibility index (Phi) is 5.44. The van der Waals surface area contributed by atoms with Crippen LogP contribution in [0.1, 0.15) is 17.2 Å². The van der Waals surface area contributed by atoms with Gasteiger partial charge in [0.25, 0.3) is 0 Å². The fourth-order valence-corrected chi connectivity index (χ4v) is 2.80. The molecule has 5 nitrogen and oxygen atoms in total. The molecule has 0 aliphatic heterocycles. The lowest BCUT2D eigenvalue weighted by molar-refractivity contribution is -0.206. The van der Waals surface area contributed by atoms with Gasteiger partial charge >= 0.3 is 6.18 Å². The van der Waals surface area contributed by atoms with Gasteiger partial charge in [0, 0.05) is 22.3 Å². The summed E-state index contributed by atoms with van der Waals surface area (Å²) in [6.07, 6.45) is -7.26. The predicted molar refractivity (Wildman–Crippen MR) is 102 cm³/mol. The lowest BCUT2D eigenvalue weighted by Gasteiger charge is -2.15. The summed E-state index contributed by atoms with van der Waals surface area (Å²) < 4.78 is 37.8. The molecule has 4 N–H and O–H groups in total. The molecular formula is C19H16ClF3N4O. The van der Waals surface area contributed by atoms with E-state index in [1.54, 1.807) is 18.2 Å². The Hall–Kier alpha value is -2.84. The minimum Gasteiger partial charge on any atom is -0.379 e. The van der Waals surface area contributed by atoms with Gasteiger partial charge in [0.2, 0.25) is 5.95 Å². The standard InChI is InChI=1S/C19H16ClF3N4O/c1-10-2-5-12(20)8-14(10)15-9-16(27-18(24)26-15)25-13-6-3-11(4-7-13)17(28)19(21,22)23/h2-9,17,28H,1H3,(H3,24,25,26,27)/t17-/m0/s1. The maximum Gasteiger partial charge on any atom is 0.418 e. The first-order valence-electron chi connectivity index (χ1n) is 8.16. The van der Waals surface area contributed by atoms with E-state index < -0.39 is 12.3 Å². The number of benzene rings is 2. The van der Waals surface area contributed by atoms with Crippen LogP contribution in [0.5, 0.6) is 0 Å². The van der Waals surface area contributed by atoms with Crippen LogP contribution >= 0.6 is 11.6 Å². The second kappa shape index (κ2) is 7.65. The first-order valence-corrected chi connectivity index (χ1v) is 8.54. The van der Waals surface area contributed by atoms with Crippen LogP contribution in [-0.2, 0) is 0 Å². The van der Waals surface area contributed by atoms with E-state index in [1.165, 1.54) is 24.3 Å². The molecule has 0 aliphatic rings. The number of hydrogen-bond acceptors (Lipinski definition) is 5. The molecule has 0 radical (unpaired) electrons. The van der Waals surface area contributed by atoms with Gasteiger partial charge in [-0.3, -0.25) is 0 Å². The minimum absolute atomic E-state index is 0.0310. The number of nitrogens with two attached hydrogens (primary N) is 1. The number of aliphatic hydroxyl groups is 1. The molecule has 1 heterocycles. The topological polar surface area (TPSA) is 84.1 Å². The van der Waals surface area contributed by atoms with Gasteiger partial charge < -0.3 is 16.2 Å². The third kappa shape index (κ3) is 4.52. The Balaban J connectivity index is 1.87. The Morgan fingerprint density at radius 3 is 2.39 bits per heavy atom. The molecule has 28 heavy (non-hydrogen) atoms. The zero-order chi connectivity index (χ0) is 20.5. The maximum absolute atomic E-state index is 12.6. The average Bonchev–Trinajstić information content (AvgIpc) is 2.62. The number of nitrogens with one attached hydrogen (secondary N) is 1. The summed E-state index contributed by atoms with van der Waals surface area (Å²) in [4.78, 5) is 8.32. The van der Waals surface area contributed by atoms with E-state index in [1.807, 2.05) is 13.0 Å². The van der Waals surface area contributed by atoms with E-state index in [-0.39, 0.29) is 11.5 Å². The molecule has 0 saturated carbocycles. The quantitative estimate of drug-likeness (QED) is 0.564. The fraction of sp³-hybridized carbons (Fsp3) is 0.158. The highest BCUT2D eigenvalue weighted by molar-refractivity contribution is 6.30. The normalized spacial score (nSPS) is 12.6. The summed E-state index contributed by atoms with van der Waals surface area (Å²) in [5, 5.41) is 12.8. The smallest absolute Gasteiger partial charge is 0.379 e. The van der Waals surface area contributed by atoms with E-state index in [2.05, 4.69) is 15.3 Å². The number of aryl methyl sites for hydroxylation is 1. The maximum atomic E-state index is 12.6. The molecule has 0 aliphatic carbocycles. The summed E-state index contributed by atoms with van der Waals surface area (Å²) in [5.41, 5.74) is 8.30. The zero-order valence-corrected chi connectivity index (χ0v) is 15.4. The molecule has 0 unspecified atom stereocenters. The number of aliphatic hydroxyl groups excluding tert-OH is 1. The number of alkyl halides is 3. The van der Waals surface area contributed by atoms with Gasteiger partial charge in [-0.1, -0.05) is 29.8 Å². The second-order valence-electron chi connectivity index (χ2n) is 6.15. The van der Waals surface area contributed by atoms with Crippen LogP contribution in [0, 0.1) is 6.92 Å². The van der Waals surface area contributed by atoms with Crippen molar-refractivity contribution < 1.29 is 18.3 Å². The number of anilines is 3. The third-order valence-electron chi connectivity index (χ3n) is 4.03. The van der Waals surface area contributed by atoms with Crippen LogP contribution in [0.25, 0.3) is 11.3 Å². The summed E-state index contributed by atoms with van der Waals surface area (Å²) >= 11 is 6.06. The summed E-state index contributed by atoms with van der Waals surface area (Å²) in [5.74, 6) is 0.398. The van der Waals surface area contributed by atoms with Crippen LogP contribution in [-0.4, -0.2) is 21.3 Å². The van der Waals surface area contributed by atoms with E-state index in [4.69, 9.17) is 17.3 Å². The zero-order valence-electron chi connectivity index (χ0n) is 14.6. The van der Waals surface area contributed by atoms with Crippen molar-refractivity contribution in [2.45, 2.75) is 19.2 Å². The van der Waals surface area contributed by atoms with Gasteiger partial charge in [-0.05, 0) is 42.3 Å². The van der Waals surface area contributed by atoms with Gasteiger partial charge in [-0.15, -0.1) is 0 Å². The molecule has 1 atom stereocenters. The molecule has 9 heteroatoms. The number of rotatable bonds is 4. The highest BCUT2D eigenvalue weighted by Gasteiger charge is 2.39. The number of hydrogen-bond donors (Lipinski definition) is 3. The van der Waals surface area contributed by atoms with Gasteiger partial charge in [0.15, 0.2) is 6.10 Å². The Morgan fingerprint density at radius 1 is 1.07 bits per heavy atom. The average molecular weight is 409 g/mol. The number of halogens is 4. The largest absolute Gasteiger partial charge is 0.418 e. The van der Waals surface area contributed by atoms with Crippen LogP contribution in [0.3, 0.4) is 0 Å². The van der Waals surface area contributed by atoms with Gasteiger partial charge in [-0.25, -0.2) is 4.98 Å². The van der Waals surface area contributed by atoms with Gasteiger partial charge in [0.1, 0.15) is 5.82 Å². The molecule has 1 aromatic heterocycles.